The minimum Gasteiger partial charge on any atom is -0.392 e. The van der Waals surface area contributed by atoms with Crippen molar-refractivity contribution in [2.24, 2.45) is 0 Å². The fourth-order valence-electron chi connectivity index (χ4n) is 1.45. The third-order valence-electron chi connectivity index (χ3n) is 2.40. The lowest BCUT2D eigenvalue weighted by Gasteiger charge is -2.09. The van der Waals surface area contributed by atoms with E-state index in [2.05, 4.69) is 24.9 Å². The number of aliphatic hydroxyl groups excluding tert-OH is 1. The van der Waals surface area contributed by atoms with Gasteiger partial charge in [0, 0.05) is 24.1 Å². The SMILES string of the molecule is CCCSCC(O)Cc1ccc(CC)cn1. The lowest BCUT2D eigenvalue weighted by molar-refractivity contribution is 0.199. The summed E-state index contributed by atoms with van der Waals surface area (Å²) in [5.74, 6) is 1.93. The summed E-state index contributed by atoms with van der Waals surface area (Å²) >= 11 is 1.81. The molecule has 1 aromatic heterocycles. The normalized spacial score (nSPS) is 12.7. The predicted octanol–water partition coefficient (Wildman–Crippen LogP) is 2.69. The maximum atomic E-state index is 9.79. The number of pyridine rings is 1. The van der Waals surface area contributed by atoms with Crippen molar-refractivity contribution in [3.05, 3.63) is 29.6 Å². The minimum absolute atomic E-state index is 0.267. The van der Waals surface area contributed by atoms with Crippen LogP contribution in [0.15, 0.2) is 18.3 Å². The van der Waals surface area contributed by atoms with Crippen molar-refractivity contribution in [2.75, 3.05) is 11.5 Å². The highest BCUT2D eigenvalue weighted by Crippen LogP contribution is 2.09. The van der Waals surface area contributed by atoms with Crippen LogP contribution >= 0.6 is 11.8 Å². The van der Waals surface area contributed by atoms with E-state index in [1.165, 1.54) is 12.0 Å². The van der Waals surface area contributed by atoms with Crippen molar-refractivity contribution in [2.45, 2.75) is 39.2 Å². The average Bonchev–Trinajstić information content (AvgIpc) is 2.30. The van der Waals surface area contributed by atoms with Crippen LogP contribution < -0.4 is 0 Å². The van der Waals surface area contributed by atoms with Crippen LogP contribution in [-0.4, -0.2) is 27.7 Å². The van der Waals surface area contributed by atoms with Crippen LogP contribution in [0.3, 0.4) is 0 Å². The molecule has 1 unspecified atom stereocenters. The van der Waals surface area contributed by atoms with E-state index < -0.39 is 0 Å². The first-order chi connectivity index (χ1) is 7.76. The molecule has 2 nitrogen and oxygen atoms in total. The molecule has 0 aliphatic carbocycles. The average molecular weight is 239 g/mol. The molecule has 1 atom stereocenters. The third kappa shape index (κ3) is 4.99. The van der Waals surface area contributed by atoms with Crippen LogP contribution in [0.25, 0.3) is 0 Å². The van der Waals surface area contributed by atoms with Gasteiger partial charge in [-0.3, -0.25) is 4.98 Å². The van der Waals surface area contributed by atoms with E-state index >= 15 is 0 Å². The number of aromatic nitrogens is 1. The zero-order valence-electron chi connectivity index (χ0n) is 10.1. The minimum atomic E-state index is -0.267. The van der Waals surface area contributed by atoms with Gasteiger partial charge in [0.15, 0.2) is 0 Å². The summed E-state index contributed by atoms with van der Waals surface area (Å²) in [6.45, 7) is 4.28. The molecule has 0 spiro atoms. The number of aryl methyl sites for hydroxylation is 1. The van der Waals surface area contributed by atoms with Gasteiger partial charge in [-0.1, -0.05) is 19.9 Å². The van der Waals surface area contributed by atoms with Gasteiger partial charge in [0.1, 0.15) is 0 Å². The van der Waals surface area contributed by atoms with Crippen LogP contribution in [0.5, 0.6) is 0 Å². The molecule has 0 amide bonds. The summed E-state index contributed by atoms with van der Waals surface area (Å²) in [5, 5.41) is 9.79. The summed E-state index contributed by atoms with van der Waals surface area (Å²) < 4.78 is 0. The van der Waals surface area contributed by atoms with Gasteiger partial charge < -0.3 is 5.11 Å². The Morgan fingerprint density at radius 3 is 2.75 bits per heavy atom. The van der Waals surface area contributed by atoms with E-state index in [1.54, 1.807) is 0 Å². The Bertz CT molecular complexity index is 286. The molecule has 1 aromatic rings. The maximum absolute atomic E-state index is 9.79. The zero-order chi connectivity index (χ0) is 11.8. The largest absolute Gasteiger partial charge is 0.392 e. The number of hydrogen-bond donors (Lipinski definition) is 1. The third-order valence-corrected chi connectivity index (χ3v) is 3.72. The Hall–Kier alpha value is -0.540. The van der Waals surface area contributed by atoms with Gasteiger partial charge >= 0.3 is 0 Å². The Morgan fingerprint density at radius 1 is 1.38 bits per heavy atom. The van der Waals surface area contributed by atoms with Gasteiger partial charge in [-0.15, -0.1) is 0 Å². The van der Waals surface area contributed by atoms with Crippen molar-refractivity contribution in [1.82, 2.24) is 4.98 Å². The molecule has 3 heteroatoms. The number of rotatable bonds is 7. The molecular weight excluding hydrogens is 218 g/mol. The first-order valence-corrected chi connectivity index (χ1v) is 7.11. The van der Waals surface area contributed by atoms with Gasteiger partial charge in [-0.25, -0.2) is 0 Å². The molecular formula is C13H21NOS. The molecule has 90 valence electrons. The second kappa shape index (κ2) is 7.69. The summed E-state index contributed by atoms with van der Waals surface area (Å²) in [7, 11) is 0. The molecule has 0 fully saturated rings. The molecule has 0 radical (unpaired) electrons. The van der Waals surface area contributed by atoms with Crippen LogP contribution in [-0.2, 0) is 12.8 Å². The fourth-order valence-corrected chi connectivity index (χ4v) is 2.29. The molecule has 1 N–H and O–H groups in total. The number of hydrogen-bond acceptors (Lipinski definition) is 3. The van der Waals surface area contributed by atoms with Crippen molar-refractivity contribution in [1.29, 1.82) is 0 Å². The summed E-state index contributed by atoms with van der Waals surface area (Å²) in [6, 6.07) is 4.11. The fraction of sp³-hybridized carbons (Fsp3) is 0.615. The quantitative estimate of drug-likeness (QED) is 0.743. The highest BCUT2D eigenvalue weighted by atomic mass is 32.2. The van der Waals surface area contributed by atoms with E-state index in [1.807, 2.05) is 24.0 Å². The standard InChI is InChI=1S/C13H21NOS/c1-3-7-16-10-13(15)8-12-6-5-11(4-2)9-14-12/h5-6,9,13,15H,3-4,7-8,10H2,1-2H3. The number of thioether (sulfide) groups is 1. The van der Waals surface area contributed by atoms with Crippen LogP contribution in [0.1, 0.15) is 31.5 Å². The molecule has 0 saturated carbocycles. The molecule has 16 heavy (non-hydrogen) atoms. The Balaban J connectivity index is 2.34. The molecule has 0 aliphatic rings. The van der Waals surface area contributed by atoms with Crippen LogP contribution in [0.2, 0.25) is 0 Å². The maximum Gasteiger partial charge on any atom is 0.0685 e. The number of nitrogens with zero attached hydrogens (tertiary/aromatic N) is 1. The van der Waals surface area contributed by atoms with E-state index in [9.17, 15) is 5.11 Å². The molecule has 1 heterocycles. The molecule has 0 aromatic carbocycles. The van der Waals surface area contributed by atoms with Crippen molar-refractivity contribution < 1.29 is 5.11 Å². The Kier molecular flexibility index (Phi) is 6.50. The Labute approximate surface area is 102 Å². The lowest BCUT2D eigenvalue weighted by Crippen LogP contribution is -2.14. The highest BCUT2D eigenvalue weighted by molar-refractivity contribution is 7.99. The lowest BCUT2D eigenvalue weighted by atomic mass is 10.1. The van der Waals surface area contributed by atoms with Crippen molar-refractivity contribution in [3.63, 3.8) is 0 Å². The van der Waals surface area contributed by atoms with Gasteiger partial charge in [0.2, 0.25) is 0 Å². The zero-order valence-corrected chi connectivity index (χ0v) is 11.0. The summed E-state index contributed by atoms with van der Waals surface area (Å²) in [4.78, 5) is 4.35. The molecule has 0 bridgehead atoms. The smallest absolute Gasteiger partial charge is 0.0685 e. The Morgan fingerprint density at radius 2 is 2.19 bits per heavy atom. The monoisotopic (exact) mass is 239 g/mol. The molecule has 0 aliphatic heterocycles. The van der Waals surface area contributed by atoms with Gasteiger partial charge in [0.25, 0.3) is 0 Å². The van der Waals surface area contributed by atoms with Crippen LogP contribution in [0, 0.1) is 0 Å². The van der Waals surface area contributed by atoms with E-state index in [4.69, 9.17) is 0 Å². The summed E-state index contributed by atoms with van der Waals surface area (Å²) in [6.07, 6.45) is 4.49. The van der Waals surface area contributed by atoms with Crippen molar-refractivity contribution >= 4 is 11.8 Å². The topological polar surface area (TPSA) is 33.1 Å². The number of aliphatic hydroxyl groups is 1. The van der Waals surface area contributed by atoms with E-state index in [0.717, 1.165) is 23.6 Å². The van der Waals surface area contributed by atoms with Gasteiger partial charge in [-0.2, -0.15) is 11.8 Å². The van der Waals surface area contributed by atoms with Crippen molar-refractivity contribution in [3.8, 4) is 0 Å². The first kappa shape index (κ1) is 13.5. The second-order valence-electron chi connectivity index (χ2n) is 3.94. The highest BCUT2D eigenvalue weighted by Gasteiger charge is 2.06. The second-order valence-corrected chi connectivity index (χ2v) is 5.09. The van der Waals surface area contributed by atoms with Gasteiger partial charge in [-0.05, 0) is 30.2 Å². The summed E-state index contributed by atoms with van der Waals surface area (Å²) in [5.41, 5.74) is 2.24. The van der Waals surface area contributed by atoms with Gasteiger partial charge in [0.05, 0.1) is 6.10 Å². The molecule has 1 rings (SSSR count). The molecule has 0 saturated heterocycles. The van der Waals surface area contributed by atoms with E-state index in [-0.39, 0.29) is 6.10 Å². The van der Waals surface area contributed by atoms with E-state index in [0.29, 0.717) is 6.42 Å². The van der Waals surface area contributed by atoms with Crippen LogP contribution in [0.4, 0.5) is 0 Å². The predicted molar refractivity (Wildman–Crippen MR) is 70.9 cm³/mol. The first-order valence-electron chi connectivity index (χ1n) is 5.95.